The molecule has 0 spiro atoms. The molecule has 2 rings (SSSR count). The molecule has 0 saturated carbocycles. The zero-order valence-electron chi connectivity index (χ0n) is 11.5. The van der Waals surface area contributed by atoms with Gasteiger partial charge in [0, 0.05) is 6.04 Å². The predicted molar refractivity (Wildman–Crippen MR) is 75.0 cm³/mol. The minimum atomic E-state index is -0.330. The first-order chi connectivity index (χ1) is 9.45. The first-order valence-electron chi connectivity index (χ1n) is 6.43. The van der Waals surface area contributed by atoms with Crippen molar-refractivity contribution in [1.82, 2.24) is 0 Å². The molecule has 0 aliphatic rings. The van der Waals surface area contributed by atoms with Crippen LogP contribution in [0.4, 0.5) is 8.78 Å². The van der Waals surface area contributed by atoms with Crippen molar-refractivity contribution in [3.8, 4) is 11.5 Å². The van der Waals surface area contributed by atoms with Crippen LogP contribution in [0.15, 0.2) is 36.4 Å². The zero-order chi connectivity index (χ0) is 14.7. The number of rotatable bonds is 4. The summed E-state index contributed by atoms with van der Waals surface area (Å²) in [5.41, 5.74) is 7.14. The Bertz CT molecular complexity index is 611. The summed E-state index contributed by atoms with van der Waals surface area (Å²) in [6, 6.07) is 8.49. The van der Waals surface area contributed by atoms with Crippen LogP contribution in [0.25, 0.3) is 0 Å². The van der Waals surface area contributed by atoms with Gasteiger partial charge in [-0.25, -0.2) is 8.78 Å². The van der Waals surface area contributed by atoms with Crippen molar-refractivity contribution in [2.75, 3.05) is 0 Å². The second kappa shape index (κ2) is 6.01. The molecule has 0 aliphatic heterocycles. The normalized spacial score (nSPS) is 12.2. The molecule has 20 heavy (non-hydrogen) atoms. The average molecular weight is 277 g/mol. The topological polar surface area (TPSA) is 35.2 Å². The van der Waals surface area contributed by atoms with Crippen LogP contribution in [0.5, 0.6) is 11.5 Å². The fourth-order valence-electron chi connectivity index (χ4n) is 2.00. The Morgan fingerprint density at radius 3 is 2.25 bits per heavy atom. The Morgan fingerprint density at radius 2 is 1.65 bits per heavy atom. The van der Waals surface area contributed by atoms with Gasteiger partial charge >= 0.3 is 0 Å². The largest absolute Gasteiger partial charge is 0.457 e. The summed E-state index contributed by atoms with van der Waals surface area (Å²) in [5.74, 6) is 0.441. The van der Waals surface area contributed by atoms with E-state index in [4.69, 9.17) is 10.5 Å². The van der Waals surface area contributed by atoms with Gasteiger partial charge in [0.05, 0.1) is 0 Å². The Labute approximate surface area is 117 Å². The number of aryl methyl sites for hydroxylation is 1. The SMILES string of the molecule is Cc1cc(F)ccc1Oc1ccc(F)cc1CC(C)N. The molecule has 4 heteroatoms. The van der Waals surface area contributed by atoms with E-state index < -0.39 is 0 Å². The van der Waals surface area contributed by atoms with Crippen molar-refractivity contribution >= 4 is 0 Å². The molecule has 0 aliphatic carbocycles. The lowest BCUT2D eigenvalue weighted by atomic mass is 10.1. The third kappa shape index (κ3) is 3.54. The third-order valence-electron chi connectivity index (χ3n) is 2.92. The van der Waals surface area contributed by atoms with E-state index >= 15 is 0 Å². The summed E-state index contributed by atoms with van der Waals surface area (Å²) < 4.78 is 32.2. The van der Waals surface area contributed by atoms with Gasteiger partial charge in [0.15, 0.2) is 0 Å². The van der Waals surface area contributed by atoms with Crippen LogP contribution in [0.2, 0.25) is 0 Å². The maximum Gasteiger partial charge on any atom is 0.130 e. The first kappa shape index (κ1) is 14.5. The van der Waals surface area contributed by atoms with Crippen molar-refractivity contribution in [3.63, 3.8) is 0 Å². The molecule has 0 amide bonds. The predicted octanol–water partition coefficient (Wildman–Crippen LogP) is 3.96. The lowest BCUT2D eigenvalue weighted by molar-refractivity contribution is 0.465. The van der Waals surface area contributed by atoms with Crippen molar-refractivity contribution < 1.29 is 13.5 Å². The number of ether oxygens (including phenoxy) is 1. The number of benzene rings is 2. The third-order valence-corrected chi connectivity index (χ3v) is 2.92. The molecule has 106 valence electrons. The van der Waals surface area contributed by atoms with E-state index in [2.05, 4.69) is 0 Å². The molecule has 0 aromatic heterocycles. The molecule has 2 N–H and O–H groups in total. The molecule has 1 unspecified atom stereocenters. The molecule has 2 nitrogen and oxygen atoms in total. The van der Waals surface area contributed by atoms with E-state index in [0.717, 1.165) is 0 Å². The summed E-state index contributed by atoms with van der Waals surface area (Å²) in [5, 5.41) is 0. The van der Waals surface area contributed by atoms with E-state index in [-0.39, 0.29) is 17.7 Å². The fraction of sp³-hybridized carbons (Fsp3) is 0.250. The van der Waals surface area contributed by atoms with Crippen LogP contribution in [0, 0.1) is 18.6 Å². The maximum absolute atomic E-state index is 13.3. The number of nitrogens with two attached hydrogens (primary N) is 1. The smallest absolute Gasteiger partial charge is 0.130 e. The summed E-state index contributed by atoms with van der Waals surface area (Å²) in [6.07, 6.45) is 0.507. The Morgan fingerprint density at radius 1 is 1.05 bits per heavy atom. The van der Waals surface area contributed by atoms with Crippen molar-refractivity contribution in [2.45, 2.75) is 26.3 Å². The molecular formula is C16H17F2NO. The van der Waals surface area contributed by atoms with Crippen LogP contribution < -0.4 is 10.5 Å². The number of hydrogen-bond acceptors (Lipinski definition) is 2. The maximum atomic E-state index is 13.3. The molecule has 0 saturated heterocycles. The zero-order valence-corrected chi connectivity index (χ0v) is 11.5. The quantitative estimate of drug-likeness (QED) is 0.918. The second-order valence-corrected chi connectivity index (χ2v) is 4.95. The lowest BCUT2D eigenvalue weighted by Crippen LogP contribution is -2.18. The number of halogens is 2. The highest BCUT2D eigenvalue weighted by molar-refractivity contribution is 5.41. The highest BCUT2D eigenvalue weighted by Gasteiger charge is 2.10. The average Bonchev–Trinajstić information content (AvgIpc) is 2.34. The first-order valence-corrected chi connectivity index (χ1v) is 6.43. The monoisotopic (exact) mass is 277 g/mol. The Hall–Kier alpha value is -1.94. The minimum absolute atomic E-state index is 0.103. The molecular weight excluding hydrogens is 260 g/mol. The van der Waals surface area contributed by atoms with Crippen LogP contribution in [-0.2, 0) is 6.42 Å². The Balaban J connectivity index is 2.32. The van der Waals surface area contributed by atoms with Crippen molar-refractivity contribution in [1.29, 1.82) is 0 Å². The highest BCUT2D eigenvalue weighted by atomic mass is 19.1. The van der Waals surface area contributed by atoms with Gasteiger partial charge < -0.3 is 10.5 Å². The van der Waals surface area contributed by atoms with E-state index in [1.54, 1.807) is 19.1 Å². The number of hydrogen-bond donors (Lipinski definition) is 1. The highest BCUT2D eigenvalue weighted by Crippen LogP contribution is 2.29. The van der Waals surface area contributed by atoms with Gasteiger partial charge in [-0.2, -0.15) is 0 Å². The van der Waals surface area contributed by atoms with Crippen LogP contribution >= 0.6 is 0 Å². The molecule has 0 bridgehead atoms. The minimum Gasteiger partial charge on any atom is -0.457 e. The van der Waals surface area contributed by atoms with Gasteiger partial charge in [-0.3, -0.25) is 0 Å². The summed E-state index contributed by atoms with van der Waals surface area (Å²) in [6.45, 7) is 3.60. The molecule has 2 aromatic rings. The molecule has 0 heterocycles. The lowest BCUT2D eigenvalue weighted by Gasteiger charge is -2.14. The van der Waals surface area contributed by atoms with E-state index in [1.807, 2.05) is 6.92 Å². The van der Waals surface area contributed by atoms with Gasteiger partial charge in [-0.05, 0) is 67.8 Å². The van der Waals surface area contributed by atoms with E-state index in [9.17, 15) is 8.78 Å². The van der Waals surface area contributed by atoms with Crippen LogP contribution in [0.1, 0.15) is 18.1 Å². The van der Waals surface area contributed by atoms with Gasteiger partial charge in [0.1, 0.15) is 23.1 Å². The van der Waals surface area contributed by atoms with Gasteiger partial charge in [0.2, 0.25) is 0 Å². The molecule has 0 radical (unpaired) electrons. The standard InChI is InChI=1S/C16H17F2NO/c1-10-7-13(17)3-5-15(10)20-16-6-4-14(18)9-12(16)8-11(2)19/h3-7,9,11H,8,19H2,1-2H3. The fourth-order valence-corrected chi connectivity index (χ4v) is 2.00. The second-order valence-electron chi connectivity index (χ2n) is 4.95. The Kier molecular flexibility index (Phi) is 4.35. The van der Waals surface area contributed by atoms with Crippen LogP contribution in [0.3, 0.4) is 0 Å². The van der Waals surface area contributed by atoms with Crippen molar-refractivity contribution in [3.05, 3.63) is 59.2 Å². The summed E-state index contributed by atoms with van der Waals surface area (Å²) >= 11 is 0. The summed E-state index contributed by atoms with van der Waals surface area (Å²) in [7, 11) is 0. The molecule has 0 fully saturated rings. The van der Waals surface area contributed by atoms with Gasteiger partial charge in [-0.15, -0.1) is 0 Å². The molecule has 1 atom stereocenters. The van der Waals surface area contributed by atoms with Crippen LogP contribution in [-0.4, -0.2) is 6.04 Å². The van der Waals surface area contributed by atoms with Crippen molar-refractivity contribution in [2.24, 2.45) is 5.73 Å². The van der Waals surface area contributed by atoms with Gasteiger partial charge in [0.25, 0.3) is 0 Å². The van der Waals surface area contributed by atoms with E-state index in [0.29, 0.717) is 29.0 Å². The van der Waals surface area contributed by atoms with E-state index in [1.165, 1.54) is 24.3 Å². The van der Waals surface area contributed by atoms with Gasteiger partial charge in [-0.1, -0.05) is 0 Å². The molecule has 2 aromatic carbocycles. The summed E-state index contributed by atoms with van der Waals surface area (Å²) in [4.78, 5) is 0.